The van der Waals surface area contributed by atoms with Gasteiger partial charge in [-0.05, 0) is 36.7 Å². The van der Waals surface area contributed by atoms with Crippen LogP contribution in [0.2, 0.25) is 0 Å². The summed E-state index contributed by atoms with van der Waals surface area (Å²) >= 11 is 0. The van der Waals surface area contributed by atoms with Gasteiger partial charge in [-0.2, -0.15) is 0 Å². The zero-order chi connectivity index (χ0) is 13.2. The van der Waals surface area contributed by atoms with Crippen molar-refractivity contribution in [3.63, 3.8) is 0 Å². The van der Waals surface area contributed by atoms with E-state index < -0.39 is 0 Å². The summed E-state index contributed by atoms with van der Waals surface area (Å²) in [6.07, 6.45) is 0. The molecule has 0 amide bonds. The molecule has 2 aromatic rings. The molecule has 1 unspecified atom stereocenters. The SMILES string of the molecule is CNC(C)c1ccccc1N1Cc2ccccc2C1. The molecule has 0 saturated heterocycles. The summed E-state index contributed by atoms with van der Waals surface area (Å²) in [4.78, 5) is 2.47. The number of hydrogen-bond acceptors (Lipinski definition) is 2. The first-order valence-electron chi connectivity index (χ1n) is 6.87. The van der Waals surface area contributed by atoms with Crippen molar-refractivity contribution in [1.29, 1.82) is 0 Å². The van der Waals surface area contributed by atoms with Gasteiger partial charge in [0.05, 0.1) is 0 Å². The number of nitrogens with one attached hydrogen (secondary N) is 1. The standard InChI is InChI=1S/C17H20N2/c1-13(18-2)16-9-5-6-10-17(16)19-11-14-7-3-4-8-15(14)12-19/h3-10,13,18H,11-12H2,1-2H3. The van der Waals surface area contributed by atoms with Crippen LogP contribution in [-0.4, -0.2) is 7.05 Å². The molecule has 0 bridgehead atoms. The van der Waals surface area contributed by atoms with Crippen LogP contribution in [0.25, 0.3) is 0 Å². The molecule has 0 aliphatic carbocycles. The van der Waals surface area contributed by atoms with Crippen LogP contribution in [0, 0.1) is 0 Å². The molecule has 1 heterocycles. The Morgan fingerprint density at radius 2 is 1.53 bits per heavy atom. The minimum absolute atomic E-state index is 0.375. The summed E-state index contributed by atoms with van der Waals surface area (Å²) in [5, 5.41) is 3.34. The highest BCUT2D eigenvalue weighted by atomic mass is 15.1. The zero-order valence-corrected chi connectivity index (χ0v) is 11.6. The fraction of sp³-hybridized carbons (Fsp3) is 0.294. The van der Waals surface area contributed by atoms with Crippen LogP contribution in [0.4, 0.5) is 5.69 Å². The van der Waals surface area contributed by atoms with E-state index in [1.807, 2.05) is 7.05 Å². The number of rotatable bonds is 3. The predicted molar refractivity (Wildman–Crippen MR) is 80.2 cm³/mol. The van der Waals surface area contributed by atoms with Crippen molar-refractivity contribution >= 4 is 5.69 Å². The summed E-state index contributed by atoms with van der Waals surface area (Å²) in [5.41, 5.74) is 5.63. The van der Waals surface area contributed by atoms with Gasteiger partial charge in [-0.3, -0.25) is 0 Å². The highest BCUT2D eigenvalue weighted by Gasteiger charge is 2.21. The van der Waals surface area contributed by atoms with Gasteiger partial charge >= 0.3 is 0 Å². The van der Waals surface area contributed by atoms with Crippen molar-refractivity contribution in [1.82, 2.24) is 5.32 Å². The van der Waals surface area contributed by atoms with E-state index in [0.29, 0.717) is 6.04 Å². The lowest BCUT2D eigenvalue weighted by Crippen LogP contribution is -2.20. The van der Waals surface area contributed by atoms with Gasteiger partial charge in [0.15, 0.2) is 0 Å². The predicted octanol–water partition coefficient (Wildman–Crippen LogP) is 3.49. The summed E-state index contributed by atoms with van der Waals surface area (Å²) in [5.74, 6) is 0. The van der Waals surface area contributed by atoms with Gasteiger partial charge in [-0.15, -0.1) is 0 Å². The molecule has 1 aliphatic rings. The quantitative estimate of drug-likeness (QED) is 0.899. The van der Waals surface area contributed by atoms with Crippen molar-refractivity contribution < 1.29 is 0 Å². The highest BCUT2D eigenvalue weighted by molar-refractivity contribution is 5.58. The van der Waals surface area contributed by atoms with Crippen molar-refractivity contribution in [3.05, 3.63) is 65.2 Å². The first kappa shape index (κ1) is 12.2. The fourth-order valence-corrected chi connectivity index (χ4v) is 2.80. The Morgan fingerprint density at radius 3 is 2.16 bits per heavy atom. The van der Waals surface area contributed by atoms with E-state index in [1.165, 1.54) is 22.4 Å². The molecule has 1 aliphatic heterocycles. The second-order valence-electron chi connectivity index (χ2n) is 5.19. The summed E-state index contributed by atoms with van der Waals surface area (Å²) in [7, 11) is 2.01. The van der Waals surface area contributed by atoms with Gasteiger partial charge in [-0.25, -0.2) is 0 Å². The van der Waals surface area contributed by atoms with Crippen LogP contribution in [0.1, 0.15) is 29.7 Å². The summed E-state index contributed by atoms with van der Waals surface area (Å²) in [6.45, 7) is 4.25. The molecule has 0 radical (unpaired) electrons. The molecule has 19 heavy (non-hydrogen) atoms. The third kappa shape index (κ3) is 2.24. The van der Waals surface area contributed by atoms with E-state index in [2.05, 4.69) is 65.7 Å². The minimum atomic E-state index is 0.375. The molecule has 0 saturated carbocycles. The number of fused-ring (bicyclic) bond motifs is 1. The number of nitrogens with zero attached hydrogens (tertiary/aromatic N) is 1. The van der Waals surface area contributed by atoms with Crippen LogP contribution in [-0.2, 0) is 13.1 Å². The van der Waals surface area contributed by atoms with Crippen molar-refractivity contribution in [3.8, 4) is 0 Å². The number of hydrogen-bond donors (Lipinski definition) is 1. The molecule has 0 fully saturated rings. The third-order valence-electron chi connectivity index (χ3n) is 4.02. The molecule has 1 N–H and O–H groups in total. The van der Waals surface area contributed by atoms with Crippen LogP contribution < -0.4 is 10.2 Å². The van der Waals surface area contributed by atoms with Crippen LogP contribution >= 0.6 is 0 Å². The number of para-hydroxylation sites is 1. The molecule has 0 spiro atoms. The third-order valence-corrected chi connectivity index (χ3v) is 4.02. The topological polar surface area (TPSA) is 15.3 Å². The van der Waals surface area contributed by atoms with Crippen LogP contribution in [0.15, 0.2) is 48.5 Å². The lowest BCUT2D eigenvalue weighted by Gasteiger charge is -2.24. The van der Waals surface area contributed by atoms with E-state index in [4.69, 9.17) is 0 Å². The lowest BCUT2D eigenvalue weighted by molar-refractivity contribution is 0.648. The van der Waals surface area contributed by atoms with E-state index in [-0.39, 0.29) is 0 Å². The monoisotopic (exact) mass is 252 g/mol. The molecule has 1 atom stereocenters. The Labute approximate surface area is 115 Å². The number of anilines is 1. The summed E-state index contributed by atoms with van der Waals surface area (Å²) in [6, 6.07) is 17.8. The van der Waals surface area contributed by atoms with Crippen molar-refractivity contribution in [2.45, 2.75) is 26.1 Å². The molecule has 2 aromatic carbocycles. The van der Waals surface area contributed by atoms with Crippen LogP contribution in [0.3, 0.4) is 0 Å². The Bertz CT molecular complexity index is 552. The first-order valence-corrected chi connectivity index (χ1v) is 6.87. The lowest BCUT2D eigenvalue weighted by atomic mass is 10.1. The molecule has 98 valence electrons. The summed E-state index contributed by atoms with van der Waals surface area (Å²) < 4.78 is 0. The van der Waals surface area contributed by atoms with E-state index >= 15 is 0 Å². The first-order chi connectivity index (χ1) is 9.29. The second kappa shape index (κ2) is 5.06. The Hall–Kier alpha value is -1.80. The van der Waals surface area contributed by atoms with Gasteiger partial charge in [0, 0.05) is 24.8 Å². The van der Waals surface area contributed by atoms with Gasteiger partial charge in [0.25, 0.3) is 0 Å². The second-order valence-corrected chi connectivity index (χ2v) is 5.19. The Balaban J connectivity index is 1.93. The Kier molecular flexibility index (Phi) is 3.26. The molecular weight excluding hydrogens is 232 g/mol. The Morgan fingerprint density at radius 1 is 0.947 bits per heavy atom. The molecular formula is C17H20N2. The van der Waals surface area contributed by atoms with Gasteiger partial charge in [0.2, 0.25) is 0 Å². The normalized spacial score (nSPS) is 15.4. The number of benzene rings is 2. The largest absolute Gasteiger partial charge is 0.363 e. The smallest absolute Gasteiger partial charge is 0.0436 e. The highest BCUT2D eigenvalue weighted by Crippen LogP contribution is 2.32. The van der Waals surface area contributed by atoms with E-state index in [0.717, 1.165) is 13.1 Å². The minimum Gasteiger partial charge on any atom is -0.363 e. The molecule has 3 rings (SSSR count). The molecule has 0 aromatic heterocycles. The van der Waals surface area contributed by atoms with E-state index in [1.54, 1.807) is 0 Å². The van der Waals surface area contributed by atoms with E-state index in [9.17, 15) is 0 Å². The van der Waals surface area contributed by atoms with Gasteiger partial charge in [0.1, 0.15) is 0 Å². The maximum atomic E-state index is 3.34. The van der Waals surface area contributed by atoms with Gasteiger partial charge < -0.3 is 10.2 Å². The fourth-order valence-electron chi connectivity index (χ4n) is 2.80. The maximum absolute atomic E-state index is 3.34. The maximum Gasteiger partial charge on any atom is 0.0436 e. The van der Waals surface area contributed by atoms with Crippen molar-refractivity contribution in [2.24, 2.45) is 0 Å². The average molecular weight is 252 g/mol. The van der Waals surface area contributed by atoms with Crippen LogP contribution in [0.5, 0.6) is 0 Å². The molecule has 2 heteroatoms. The van der Waals surface area contributed by atoms with Gasteiger partial charge in [-0.1, -0.05) is 42.5 Å². The zero-order valence-electron chi connectivity index (χ0n) is 11.6. The molecule has 2 nitrogen and oxygen atoms in total. The van der Waals surface area contributed by atoms with Crippen molar-refractivity contribution in [2.75, 3.05) is 11.9 Å². The average Bonchev–Trinajstić information content (AvgIpc) is 2.90.